The third kappa shape index (κ3) is 3.67. The lowest BCUT2D eigenvalue weighted by Crippen LogP contribution is -2.49. The van der Waals surface area contributed by atoms with Crippen LogP contribution in [0.1, 0.15) is 23.6 Å². The lowest BCUT2D eigenvalue weighted by atomic mass is 10.0. The Balaban J connectivity index is 1.47. The number of rotatable bonds is 2. The molecular weight excluding hydrogens is 388 g/mol. The second-order valence-electron chi connectivity index (χ2n) is 6.94. The molecule has 9 heteroatoms. The summed E-state index contributed by atoms with van der Waals surface area (Å²) in [6.45, 7) is 0.399. The summed E-state index contributed by atoms with van der Waals surface area (Å²) in [7, 11) is 0. The van der Waals surface area contributed by atoms with Gasteiger partial charge >= 0.3 is 6.03 Å². The summed E-state index contributed by atoms with van der Waals surface area (Å²) in [4.78, 5) is 14.2. The van der Waals surface area contributed by atoms with Crippen LogP contribution in [0.2, 0.25) is 0 Å². The number of anilines is 1. The van der Waals surface area contributed by atoms with E-state index in [1.54, 1.807) is 0 Å². The van der Waals surface area contributed by atoms with Gasteiger partial charge in [0.05, 0.1) is 6.04 Å². The second kappa shape index (κ2) is 7.23. The second-order valence-corrected chi connectivity index (χ2v) is 6.94. The molecule has 2 aromatic carbocycles. The summed E-state index contributed by atoms with van der Waals surface area (Å²) in [5.41, 5.74) is 6.66. The first-order valence-corrected chi connectivity index (χ1v) is 8.82. The zero-order chi connectivity index (χ0) is 20.7. The predicted molar refractivity (Wildman–Crippen MR) is 99.8 cm³/mol. The van der Waals surface area contributed by atoms with Crippen molar-refractivity contribution in [1.29, 1.82) is 0 Å². The van der Waals surface area contributed by atoms with E-state index in [4.69, 9.17) is 5.73 Å². The molecule has 0 aliphatic carbocycles. The topological polar surface area (TPSA) is 61.9 Å². The van der Waals surface area contributed by atoms with E-state index in [-0.39, 0.29) is 24.3 Å². The van der Waals surface area contributed by atoms with E-state index in [0.717, 1.165) is 12.1 Å². The van der Waals surface area contributed by atoms with Crippen LogP contribution in [0.5, 0.6) is 0 Å². The highest BCUT2D eigenvalue weighted by molar-refractivity contribution is 5.81. The van der Waals surface area contributed by atoms with Gasteiger partial charge in [0, 0.05) is 43.0 Å². The number of amides is 2. The van der Waals surface area contributed by atoms with Crippen LogP contribution < -0.4 is 5.73 Å². The molecule has 0 saturated carbocycles. The van der Waals surface area contributed by atoms with Gasteiger partial charge in [-0.25, -0.2) is 27.4 Å². The van der Waals surface area contributed by atoms with Gasteiger partial charge in [-0.1, -0.05) is 0 Å². The fraction of sp³-hybridized carbons (Fsp3) is 0.200. The molecule has 0 spiro atoms. The molecule has 1 atom stereocenters. The number of nitrogens with two attached hydrogens (primary N) is 1. The molecule has 2 heterocycles. The number of benzene rings is 2. The van der Waals surface area contributed by atoms with E-state index in [9.17, 15) is 22.4 Å². The molecule has 2 aliphatic rings. The number of hydrogen-bond acceptors (Lipinski definition) is 3. The molecule has 0 bridgehead atoms. The van der Waals surface area contributed by atoms with Gasteiger partial charge in [-0.05, 0) is 41.5 Å². The Labute approximate surface area is 163 Å². The lowest BCUT2D eigenvalue weighted by molar-refractivity contribution is 0.136. The highest BCUT2D eigenvalue weighted by Crippen LogP contribution is 2.32. The fourth-order valence-electron chi connectivity index (χ4n) is 3.42. The molecular formula is C20H16F4N4O. The molecule has 29 heavy (non-hydrogen) atoms. The Morgan fingerprint density at radius 3 is 2.45 bits per heavy atom. The monoisotopic (exact) mass is 404 g/mol. The van der Waals surface area contributed by atoms with E-state index in [1.807, 2.05) is 0 Å². The molecule has 0 radical (unpaired) electrons. The normalized spacial score (nSPS) is 18.2. The summed E-state index contributed by atoms with van der Waals surface area (Å²) in [5, 5.41) is 5.20. The maximum absolute atomic E-state index is 13.9. The van der Waals surface area contributed by atoms with Crippen LogP contribution in [-0.4, -0.2) is 35.2 Å². The highest BCUT2D eigenvalue weighted by atomic mass is 19.2. The van der Waals surface area contributed by atoms with Gasteiger partial charge in [-0.15, -0.1) is 0 Å². The first kappa shape index (κ1) is 19.0. The summed E-state index contributed by atoms with van der Waals surface area (Å²) in [6.07, 6.45) is 3.29. The zero-order valence-corrected chi connectivity index (χ0v) is 15.1. The van der Waals surface area contributed by atoms with Crippen molar-refractivity contribution in [3.8, 4) is 0 Å². The Kier molecular flexibility index (Phi) is 4.73. The fourth-order valence-corrected chi connectivity index (χ4v) is 3.42. The maximum Gasteiger partial charge on any atom is 0.341 e. The number of urea groups is 1. The molecule has 4 rings (SSSR count). The average molecular weight is 404 g/mol. The minimum absolute atomic E-state index is 0.0110. The van der Waals surface area contributed by atoms with Crippen molar-refractivity contribution >= 4 is 24.0 Å². The third-order valence-corrected chi connectivity index (χ3v) is 4.79. The van der Waals surface area contributed by atoms with E-state index in [2.05, 4.69) is 5.10 Å². The van der Waals surface area contributed by atoms with Crippen LogP contribution in [0, 0.1) is 23.3 Å². The quantitative estimate of drug-likeness (QED) is 0.606. The minimum atomic E-state index is -1.04. The standard InChI is InChI=1S/C20H16F4N4O/c21-14-4-12(5-15(22)7-14)18-1-2-26-28(18)20(29)27-9-11(10-27)3-13-6-16(25)8-17(23)19(13)24/h2-8,18H,1,9-10,25H2/t18-/m0/s1. The van der Waals surface area contributed by atoms with Crippen LogP contribution in [0.25, 0.3) is 6.08 Å². The van der Waals surface area contributed by atoms with Crippen molar-refractivity contribution in [2.24, 2.45) is 5.10 Å². The smallest absolute Gasteiger partial charge is 0.341 e. The Morgan fingerprint density at radius 1 is 1.07 bits per heavy atom. The van der Waals surface area contributed by atoms with Gasteiger partial charge in [-0.2, -0.15) is 5.10 Å². The summed E-state index contributed by atoms with van der Waals surface area (Å²) < 4.78 is 54.4. The molecule has 5 nitrogen and oxygen atoms in total. The molecule has 2 aliphatic heterocycles. The van der Waals surface area contributed by atoms with Crippen LogP contribution in [-0.2, 0) is 0 Å². The largest absolute Gasteiger partial charge is 0.399 e. The van der Waals surface area contributed by atoms with Gasteiger partial charge < -0.3 is 10.6 Å². The first-order valence-electron chi connectivity index (χ1n) is 8.82. The Morgan fingerprint density at radius 2 is 1.76 bits per heavy atom. The number of likely N-dealkylation sites (tertiary alicyclic amines) is 1. The number of halogens is 4. The van der Waals surface area contributed by atoms with Gasteiger partial charge in [-0.3, -0.25) is 0 Å². The lowest BCUT2D eigenvalue weighted by Gasteiger charge is -2.37. The SMILES string of the molecule is Nc1cc(F)c(F)c(C=C2CN(C(=O)N3N=CC[C@H]3c3cc(F)cc(F)c3)C2)c1. The van der Waals surface area contributed by atoms with Gasteiger partial charge in [0.2, 0.25) is 0 Å². The van der Waals surface area contributed by atoms with Gasteiger partial charge in [0.1, 0.15) is 11.6 Å². The molecule has 0 unspecified atom stereocenters. The van der Waals surface area contributed by atoms with Crippen molar-refractivity contribution in [2.75, 3.05) is 18.8 Å². The molecule has 2 N–H and O–H groups in total. The zero-order valence-electron chi connectivity index (χ0n) is 15.1. The minimum Gasteiger partial charge on any atom is -0.399 e. The number of nitrogen functional groups attached to an aromatic ring is 1. The van der Waals surface area contributed by atoms with Crippen LogP contribution in [0.3, 0.4) is 0 Å². The maximum atomic E-state index is 13.9. The van der Waals surface area contributed by atoms with Crippen molar-refractivity contribution in [2.45, 2.75) is 12.5 Å². The van der Waals surface area contributed by atoms with Crippen LogP contribution in [0.15, 0.2) is 41.0 Å². The predicted octanol–water partition coefficient (Wildman–Crippen LogP) is 4.08. The number of carbonyl (C=O) groups is 1. The summed E-state index contributed by atoms with van der Waals surface area (Å²) >= 11 is 0. The molecule has 2 aromatic rings. The number of nitrogens with zero attached hydrogens (tertiary/aromatic N) is 3. The Hall–Kier alpha value is -3.36. The number of carbonyl (C=O) groups excluding carboxylic acids is 1. The molecule has 1 saturated heterocycles. The molecule has 0 aromatic heterocycles. The molecule has 150 valence electrons. The average Bonchev–Trinajstić information content (AvgIpc) is 3.10. The van der Waals surface area contributed by atoms with E-state index < -0.39 is 35.3 Å². The number of hydrazone groups is 1. The van der Waals surface area contributed by atoms with Crippen molar-refractivity contribution in [3.05, 3.63) is 70.3 Å². The van der Waals surface area contributed by atoms with E-state index in [0.29, 0.717) is 17.6 Å². The number of hydrogen-bond donors (Lipinski definition) is 1. The summed E-state index contributed by atoms with van der Waals surface area (Å²) in [6, 6.07) is 4.26. The van der Waals surface area contributed by atoms with Gasteiger partial charge in [0.25, 0.3) is 0 Å². The van der Waals surface area contributed by atoms with E-state index in [1.165, 1.54) is 40.4 Å². The van der Waals surface area contributed by atoms with Crippen molar-refractivity contribution in [1.82, 2.24) is 9.91 Å². The molecule has 1 fully saturated rings. The van der Waals surface area contributed by atoms with Crippen LogP contribution >= 0.6 is 0 Å². The van der Waals surface area contributed by atoms with E-state index >= 15 is 0 Å². The Bertz CT molecular complexity index is 1020. The van der Waals surface area contributed by atoms with Crippen LogP contribution in [0.4, 0.5) is 28.0 Å². The third-order valence-electron chi connectivity index (χ3n) is 4.79. The van der Waals surface area contributed by atoms with Gasteiger partial charge in [0.15, 0.2) is 11.6 Å². The highest BCUT2D eigenvalue weighted by Gasteiger charge is 2.35. The van der Waals surface area contributed by atoms with Crippen molar-refractivity contribution < 1.29 is 22.4 Å². The summed E-state index contributed by atoms with van der Waals surface area (Å²) in [5.74, 6) is -3.51. The first-order chi connectivity index (χ1) is 13.8. The molecule has 2 amide bonds. The van der Waals surface area contributed by atoms with Crippen molar-refractivity contribution in [3.63, 3.8) is 0 Å².